The average Bonchev–Trinajstić information content (AvgIpc) is 2.31. The Morgan fingerprint density at radius 1 is 1.05 bits per heavy atom. The second-order valence-corrected chi connectivity index (χ2v) is 5.18. The highest BCUT2D eigenvalue weighted by Gasteiger charge is 1.98. The van der Waals surface area contributed by atoms with Crippen molar-refractivity contribution < 1.29 is 4.79 Å². The van der Waals surface area contributed by atoms with Gasteiger partial charge in [-0.05, 0) is 43.1 Å². The Kier molecular flexibility index (Phi) is 7.63. The van der Waals surface area contributed by atoms with Gasteiger partial charge in [-0.2, -0.15) is 0 Å². The summed E-state index contributed by atoms with van der Waals surface area (Å²) >= 11 is 11.8. The molecule has 1 aromatic rings. The van der Waals surface area contributed by atoms with E-state index in [4.69, 9.17) is 28.9 Å². The minimum absolute atomic E-state index is 0.462. The minimum atomic E-state index is -0.462. The number of nitrogens with two attached hydrogens (primary N) is 1. The first kappa shape index (κ1) is 16.1. The third-order valence-electron chi connectivity index (χ3n) is 2.58. The third-order valence-corrected chi connectivity index (χ3v) is 3.02. The van der Waals surface area contributed by atoms with Gasteiger partial charge in [-0.1, -0.05) is 29.6 Å². The van der Waals surface area contributed by atoms with Crippen LogP contribution in [0.1, 0.15) is 24.8 Å². The number of carbonyl (C=O) groups is 1. The van der Waals surface area contributed by atoms with E-state index >= 15 is 0 Å². The molecule has 0 atom stereocenters. The lowest BCUT2D eigenvalue weighted by atomic mass is 10.2. The predicted octanol–water partition coefficient (Wildman–Crippen LogP) is 2.92. The Bertz CT molecular complexity index is 393. The van der Waals surface area contributed by atoms with Crippen LogP contribution in [0.25, 0.3) is 0 Å². The largest absolute Gasteiger partial charge is 0.352 e. The molecule has 4 nitrogen and oxygen atoms in total. The average molecular weight is 304 g/mol. The van der Waals surface area contributed by atoms with Crippen molar-refractivity contribution in [2.75, 3.05) is 13.1 Å². The van der Waals surface area contributed by atoms with E-state index in [0.717, 1.165) is 37.9 Å². The summed E-state index contributed by atoms with van der Waals surface area (Å²) in [6.07, 6.45) is 3.03. The molecule has 4 N–H and O–H groups in total. The van der Waals surface area contributed by atoms with Gasteiger partial charge in [0.2, 0.25) is 0 Å². The van der Waals surface area contributed by atoms with E-state index in [0.29, 0.717) is 16.6 Å². The van der Waals surface area contributed by atoms with Crippen molar-refractivity contribution >= 4 is 29.2 Å². The van der Waals surface area contributed by atoms with Crippen LogP contribution in [0.5, 0.6) is 0 Å². The first-order valence-electron chi connectivity index (χ1n) is 6.27. The van der Waals surface area contributed by atoms with Crippen LogP contribution in [0.2, 0.25) is 10.0 Å². The zero-order valence-corrected chi connectivity index (χ0v) is 12.2. The fraction of sp³-hybridized carbons (Fsp3) is 0.462. The summed E-state index contributed by atoms with van der Waals surface area (Å²) in [5.74, 6) is 0. The molecule has 0 radical (unpaired) electrons. The van der Waals surface area contributed by atoms with E-state index in [2.05, 4.69) is 10.6 Å². The predicted molar refractivity (Wildman–Crippen MR) is 79.6 cm³/mol. The van der Waals surface area contributed by atoms with Gasteiger partial charge in [0.1, 0.15) is 0 Å². The number of nitrogens with one attached hydrogen (secondary N) is 2. The van der Waals surface area contributed by atoms with E-state index < -0.39 is 6.03 Å². The summed E-state index contributed by atoms with van der Waals surface area (Å²) in [5, 5.41) is 7.20. The Morgan fingerprint density at radius 3 is 2.32 bits per heavy atom. The second-order valence-electron chi connectivity index (χ2n) is 4.31. The maximum Gasteiger partial charge on any atom is 0.312 e. The number of hydrogen-bond acceptors (Lipinski definition) is 2. The van der Waals surface area contributed by atoms with E-state index in [1.54, 1.807) is 6.07 Å². The van der Waals surface area contributed by atoms with Crippen LogP contribution in [0.3, 0.4) is 0 Å². The summed E-state index contributed by atoms with van der Waals surface area (Å²) in [6, 6.07) is 5.06. The number of rotatable bonds is 8. The Labute approximate surface area is 123 Å². The Balaban J connectivity index is 2.06. The van der Waals surface area contributed by atoms with Gasteiger partial charge >= 0.3 is 6.03 Å². The number of unbranched alkanes of at least 4 members (excludes halogenated alkanes) is 2. The minimum Gasteiger partial charge on any atom is -0.352 e. The quantitative estimate of drug-likeness (QED) is 0.646. The Morgan fingerprint density at radius 2 is 1.68 bits per heavy atom. The first-order chi connectivity index (χ1) is 9.08. The molecule has 0 aliphatic heterocycles. The van der Waals surface area contributed by atoms with Gasteiger partial charge in [0.15, 0.2) is 0 Å². The lowest BCUT2D eigenvalue weighted by Gasteiger charge is -2.06. The van der Waals surface area contributed by atoms with Gasteiger partial charge in [-0.15, -0.1) is 0 Å². The van der Waals surface area contributed by atoms with Crippen LogP contribution >= 0.6 is 23.2 Å². The monoisotopic (exact) mass is 303 g/mol. The van der Waals surface area contributed by atoms with Crippen LogP contribution < -0.4 is 16.4 Å². The summed E-state index contributed by atoms with van der Waals surface area (Å²) in [5.41, 5.74) is 6.04. The fourth-order valence-corrected chi connectivity index (χ4v) is 2.28. The van der Waals surface area contributed by atoms with Crippen molar-refractivity contribution in [3.63, 3.8) is 0 Å². The van der Waals surface area contributed by atoms with Gasteiger partial charge in [0.05, 0.1) is 0 Å². The van der Waals surface area contributed by atoms with Crippen molar-refractivity contribution in [1.29, 1.82) is 0 Å². The molecule has 0 unspecified atom stereocenters. The van der Waals surface area contributed by atoms with E-state index in [-0.39, 0.29) is 0 Å². The molecule has 0 aliphatic carbocycles. The lowest BCUT2D eigenvalue weighted by molar-refractivity contribution is 0.248. The van der Waals surface area contributed by atoms with Crippen LogP contribution in [-0.4, -0.2) is 19.1 Å². The number of urea groups is 1. The molecule has 0 saturated heterocycles. The number of hydrogen-bond donors (Lipinski definition) is 3. The van der Waals surface area contributed by atoms with Crippen LogP contribution in [0.4, 0.5) is 4.79 Å². The smallest absolute Gasteiger partial charge is 0.312 e. The molecule has 0 aromatic heterocycles. The molecule has 0 saturated carbocycles. The number of benzene rings is 1. The molecule has 2 amide bonds. The van der Waals surface area contributed by atoms with Gasteiger partial charge in [-0.3, -0.25) is 0 Å². The second kappa shape index (κ2) is 9.02. The van der Waals surface area contributed by atoms with Gasteiger partial charge < -0.3 is 16.4 Å². The van der Waals surface area contributed by atoms with Crippen LogP contribution in [0.15, 0.2) is 18.2 Å². The molecule has 0 bridgehead atoms. The molecular formula is C13H19Cl2N3O. The molecule has 1 rings (SSSR count). The molecule has 0 aliphatic rings. The van der Waals surface area contributed by atoms with Gasteiger partial charge in [0, 0.05) is 23.1 Å². The van der Waals surface area contributed by atoms with Crippen molar-refractivity contribution in [2.45, 2.75) is 25.8 Å². The Hall–Kier alpha value is -0.970. The molecule has 6 heteroatoms. The summed E-state index contributed by atoms with van der Waals surface area (Å²) in [7, 11) is 0. The highest BCUT2D eigenvalue weighted by atomic mass is 35.5. The SMILES string of the molecule is NC(=O)NCCCCCNCc1cc(Cl)cc(Cl)c1. The molecule has 106 valence electrons. The third kappa shape index (κ3) is 7.93. The normalized spacial score (nSPS) is 10.4. The number of primary amides is 1. The van der Waals surface area contributed by atoms with Crippen molar-refractivity contribution in [3.8, 4) is 0 Å². The van der Waals surface area contributed by atoms with Crippen molar-refractivity contribution in [3.05, 3.63) is 33.8 Å². The van der Waals surface area contributed by atoms with Crippen LogP contribution in [-0.2, 0) is 6.54 Å². The van der Waals surface area contributed by atoms with Crippen molar-refractivity contribution in [1.82, 2.24) is 10.6 Å². The maximum atomic E-state index is 10.4. The standard InChI is InChI=1S/C13H19Cl2N3O/c14-11-6-10(7-12(15)8-11)9-17-4-2-1-3-5-18-13(16)19/h6-8,17H,1-5,9H2,(H3,16,18,19). The van der Waals surface area contributed by atoms with E-state index in [9.17, 15) is 4.79 Å². The molecule has 1 aromatic carbocycles. The summed E-state index contributed by atoms with van der Waals surface area (Å²) < 4.78 is 0. The zero-order chi connectivity index (χ0) is 14.1. The summed E-state index contributed by atoms with van der Waals surface area (Å²) in [6.45, 7) is 2.31. The van der Waals surface area contributed by atoms with Crippen molar-refractivity contribution in [2.24, 2.45) is 5.73 Å². The first-order valence-corrected chi connectivity index (χ1v) is 7.02. The number of carbonyl (C=O) groups excluding carboxylic acids is 1. The van der Waals surface area contributed by atoms with Gasteiger partial charge in [-0.25, -0.2) is 4.79 Å². The number of halogens is 2. The van der Waals surface area contributed by atoms with Gasteiger partial charge in [0.25, 0.3) is 0 Å². The molecular weight excluding hydrogens is 285 g/mol. The molecule has 19 heavy (non-hydrogen) atoms. The van der Waals surface area contributed by atoms with E-state index in [1.807, 2.05) is 12.1 Å². The van der Waals surface area contributed by atoms with E-state index in [1.165, 1.54) is 0 Å². The molecule has 0 heterocycles. The number of amides is 2. The highest BCUT2D eigenvalue weighted by Crippen LogP contribution is 2.18. The lowest BCUT2D eigenvalue weighted by Crippen LogP contribution is -2.30. The highest BCUT2D eigenvalue weighted by molar-refractivity contribution is 6.34. The maximum absolute atomic E-state index is 10.4. The zero-order valence-electron chi connectivity index (χ0n) is 10.7. The molecule has 0 spiro atoms. The summed E-state index contributed by atoms with van der Waals surface area (Å²) in [4.78, 5) is 10.4. The topological polar surface area (TPSA) is 67.2 Å². The molecule has 0 fully saturated rings. The fourth-order valence-electron chi connectivity index (χ4n) is 1.71. The van der Waals surface area contributed by atoms with Crippen LogP contribution in [0, 0.1) is 0 Å².